The number of carbonyl (C=O) groups is 1. The fraction of sp³-hybridized carbons (Fsp3) is 0.0769. The van der Waals surface area contributed by atoms with Gasteiger partial charge in [0.2, 0.25) is 0 Å². The van der Waals surface area contributed by atoms with Crippen LogP contribution in [0.4, 0.5) is 8.78 Å². The number of carboxylic acid groups (broad SMARTS) is 1. The van der Waals surface area contributed by atoms with Gasteiger partial charge in [-0.05, 0) is 76.7 Å². The second kappa shape index (κ2) is 9.71. The Hall–Kier alpha value is -4.24. The maximum Gasteiger partial charge on any atom is 0.328 e. The van der Waals surface area contributed by atoms with Crippen LogP contribution in [0.2, 0.25) is 0 Å². The van der Waals surface area contributed by atoms with E-state index in [1.54, 1.807) is 36.4 Å². The van der Waals surface area contributed by atoms with Gasteiger partial charge in [0.05, 0.1) is 17.2 Å². The van der Waals surface area contributed by atoms with Gasteiger partial charge in [-0.3, -0.25) is 0 Å². The third-order valence-electron chi connectivity index (χ3n) is 4.91. The number of halogens is 2. The van der Waals surface area contributed by atoms with E-state index in [0.717, 1.165) is 24.3 Å². The van der Waals surface area contributed by atoms with Crippen LogP contribution in [0.15, 0.2) is 66.7 Å². The van der Waals surface area contributed by atoms with E-state index in [9.17, 15) is 9.90 Å². The Morgan fingerprint density at radius 2 is 1.56 bits per heavy atom. The molecule has 0 aliphatic rings. The van der Waals surface area contributed by atoms with Crippen molar-refractivity contribution in [2.75, 3.05) is 0 Å². The van der Waals surface area contributed by atoms with E-state index in [-0.39, 0.29) is 16.9 Å². The molecule has 2 N–H and O–H groups in total. The minimum absolute atomic E-state index is 0.0135. The highest BCUT2D eigenvalue weighted by Crippen LogP contribution is 2.38. The summed E-state index contributed by atoms with van der Waals surface area (Å²) < 4.78 is 30.5. The molecule has 0 amide bonds. The summed E-state index contributed by atoms with van der Waals surface area (Å²) >= 11 is 0. The molecule has 32 heavy (non-hydrogen) atoms. The van der Waals surface area contributed by atoms with E-state index in [1.165, 1.54) is 12.1 Å². The van der Waals surface area contributed by atoms with Crippen molar-refractivity contribution in [1.82, 2.24) is 0 Å². The van der Waals surface area contributed by atoms with Gasteiger partial charge in [0.1, 0.15) is 17.4 Å². The molecule has 0 radical (unpaired) electrons. The molecule has 0 heterocycles. The normalized spacial score (nSPS) is 11.8. The van der Waals surface area contributed by atoms with Crippen LogP contribution in [0.25, 0.3) is 17.2 Å². The molecule has 3 aromatic rings. The van der Waals surface area contributed by atoms with Crippen LogP contribution in [0.3, 0.4) is 0 Å². The minimum atomic E-state index is -1.23. The van der Waals surface area contributed by atoms with E-state index in [1.807, 2.05) is 13.0 Å². The van der Waals surface area contributed by atoms with Gasteiger partial charge in [-0.2, -0.15) is 5.26 Å². The van der Waals surface area contributed by atoms with E-state index >= 15 is 8.78 Å². The molecule has 0 fully saturated rings. The smallest absolute Gasteiger partial charge is 0.328 e. The number of benzene rings is 3. The quantitative estimate of drug-likeness (QED) is 0.370. The zero-order valence-corrected chi connectivity index (χ0v) is 17.1. The second-order valence-corrected chi connectivity index (χ2v) is 6.97. The van der Waals surface area contributed by atoms with Gasteiger partial charge in [0.25, 0.3) is 0 Å². The summed E-state index contributed by atoms with van der Waals surface area (Å²) in [7, 11) is 0. The predicted octanol–water partition coefficient (Wildman–Crippen LogP) is 6.01. The number of hydrogen-bond acceptors (Lipinski definition) is 3. The van der Waals surface area contributed by atoms with Gasteiger partial charge in [0.15, 0.2) is 0 Å². The minimum Gasteiger partial charge on any atom is -0.508 e. The van der Waals surface area contributed by atoms with Crippen LogP contribution in [0.1, 0.15) is 41.2 Å². The number of phenolic OH excluding ortho intramolecular Hbond substituents is 1. The van der Waals surface area contributed by atoms with Crippen LogP contribution >= 0.6 is 0 Å². The lowest BCUT2D eigenvalue weighted by Gasteiger charge is -2.18. The Morgan fingerprint density at radius 1 is 1.00 bits per heavy atom. The number of carboxylic acids is 1. The molecule has 0 unspecified atom stereocenters. The van der Waals surface area contributed by atoms with Gasteiger partial charge < -0.3 is 10.2 Å². The number of aromatic hydroxyl groups is 1. The summed E-state index contributed by atoms with van der Waals surface area (Å²) in [5.74, 6) is -2.91. The first-order chi connectivity index (χ1) is 15.3. The molecule has 3 aromatic carbocycles. The third kappa shape index (κ3) is 4.90. The molecule has 0 spiro atoms. The van der Waals surface area contributed by atoms with Crippen molar-refractivity contribution in [1.29, 1.82) is 5.26 Å². The highest BCUT2D eigenvalue weighted by molar-refractivity contribution is 5.99. The summed E-state index contributed by atoms with van der Waals surface area (Å²) in [6, 6.07) is 16.9. The average Bonchev–Trinajstić information content (AvgIpc) is 2.77. The Balaban J connectivity index is 2.30. The highest BCUT2D eigenvalue weighted by Gasteiger charge is 2.21. The lowest BCUT2D eigenvalue weighted by molar-refractivity contribution is -0.131. The number of aliphatic carboxylic acids is 1. The van der Waals surface area contributed by atoms with Gasteiger partial charge >= 0.3 is 5.97 Å². The Kier molecular flexibility index (Phi) is 6.81. The fourth-order valence-corrected chi connectivity index (χ4v) is 3.46. The molecule has 0 aliphatic carbocycles. The van der Waals surface area contributed by atoms with Crippen molar-refractivity contribution in [2.45, 2.75) is 13.3 Å². The van der Waals surface area contributed by atoms with Crippen LogP contribution in [0, 0.1) is 23.0 Å². The van der Waals surface area contributed by atoms with Crippen LogP contribution in [-0.2, 0) is 4.79 Å². The zero-order valence-electron chi connectivity index (χ0n) is 17.1. The zero-order chi connectivity index (χ0) is 23.3. The monoisotopic (exact) mass is 431 g/mol. The third-order valence-corrected chi connectivity index (χ3v) is 4.91. The molecule has 0 aromatic heterocycles. The van der Waals surface area contributed by atoms with Crippen molar-refractivity contribution in [2.24, 2.45) is 0 Å². The Bertz CT molecular complexity index is 1230. The number of hydrogen-bond donors (Lipinski definition) is 2. The molecule has 0 saturated heterocycles. The van der Waals surface area contributed by atoms with Gasteiger partial charge in [-0.15, -0.1) is 0 Å². The Labute approximate surface area is 184 Å². The van der Waals surface area contributed by atoms with Crippen LogP contribution < -0.4 is 0 Å². The molecule has 3 rings (SSSR count). The number of nitriles is 1. The number of nitrogens with zero attached hydrogens (tertiary/aromatic N) is 1. The molecular formula is C26H19F2NO3. The molecule has 0 saturated carbocycles. The van der Waals surface area contributed by atoms with Crippen molar-refractivity contribution in [3.63, 3.8) is 0 Å². The summed E-state index contributed by atoms with van der Waals surface area (Å²) in [5.41, 5.74) is 2.42. The van der Waals surface area contributed by atoms with Gasteiger partial charge in [-0.25, -0.2) is 13.6 Å². The van der Waals surface area contributed by atoms with Crippen molar-refractivity contribution in [3.8, 4) is 11.8 Å². The fourth-order valence-electron chi connectivity index (χ4n) is 3.46. The molecule has 0 bridgehead atoms. The number of allylic oxidation sites excluding steroid dienone is 1. The van der Waals surface area contributed by atoms with Crippen LogP contribution in [-0.4, -0.2) is 16.2 Å². The topological polar surface area (TPSA) is 81.3 Å². The van der Waals surface area contributed by atoms with E-state index in [2.05, 4.69) is 0 Å². The largest absolute Gasteiger partial charge is 0.508 e. The molecule has 0 atom stereocenters. The molecular weight excluding hydrogens is 412 g/mol. The first-order valence-corrected chi connectivity index (χ1v) is 9.77. The lowest BCUT2D eigenvalue weighted by Crippen LogP contribution is -2.02. The molecule has 6 heteroatoms. The van der Waals surface area contributed by atoms with Crippen molar-refractivity contribution < 1.29 is 23.8 Å². The first-order valence-electron chi connectivity index (χ1n) is 9.77. The van der Waals surface area contributed by atoms with Crippen molar-refractivity contribution >= 4 is 23.2 Å². The van der Waals surface area contributed by atoms with E-state index in [4.69, 9.17) is 10.4 Å². The van der Waals surface area contributed by atoms with Gasteiger partial charge in [-0.1, -0.05) is 31.2 Å². The lowest BCUT2D eigenvalue weighted by atomic mass is 9.87. The highest BCUT2D eigenvalue weighted by atomic mass is 19.1. The molecule has 4 nitrogen and oxygen atoms in total. The maximum absolute atomic E-state index is 15.2. The molecule has 0 aliphatic heterocycles. The molecule has 160 valence electrons. The van der Waals surface area contributed by atoms with Crippen LogP contribution in [0.5, 0.6) is 5.75 Å². The van der Waals surface area contributed by atoms with E-state index < -0.39 is 17.6 Å². The standard InChI is InChI=1S/C26H19F2NO3/c1-2-21(18-6-3-16(15-29)4-7-18)25(19-8-10-20(30)11-9-19)26-22(27)13-17(14-23(26)28)5-12-24(31)32/h3-14,30H,2H2,1H3,(H,31,32)/b12-5+,25-21-. The number of rotatable bonds is 6. The first kappa shape index (κ1) is 22.4. The average molecular weight is 431 g/mol. The maximum atomic E-state index is 15.2. The van der Waals surface area contributed by atoms with Crippen molar-refractivity contribution in [3.05, 3.63) is 106 Å². The summed E-state index contributed by atoms with van der Waals surface area (Å²) in [6.07, 6.45) is 2.35. The van der Waals surface area contributed by atoms with E-state index in [0.29, 0.717) is 34.3 Å². The predicted molar refractivity (Wildman–Crippen MR) is 118 cm³/mol. The SMILES string of the molecule is CC/C(=C(\c1ccc(O)cc1)c1c(F)cc(/C=C/C(=O)O)cc1F)c1ccc(C#N)cc1. The second-order valence-electron chi connectivity index (χ2n) is 6.97. The summed E-state index contributed by atoms with van der Waals surface area (Å²) in [4.78, 5) is 10.7. The summed E-state index contributed by atoms with van der Waals surface area (Å²) in [6.45, 7) is 1.85. The summed E-state index contributed by atoms with van der Waals surface area (Å²) in [5, 5.41) is 27.5. The number of phenols is 1. The Morgan fingerprint density at radius 3 is 2.06 bits per heavy atom. The van der Waals surface area contributed by atoms with Gasteiger partial charge in [0, 0.05) is 6.08 Å².